The van der Waals surface area contributed by atoms with Gasteiger partial charge in [0.1, 0.15) is 0 Å². The Morgan fingerprint density at radius 3 is 2.63 bits per heavy atom. The van der Waals surface area contributed by atoms with Crippen LogP contribution in [-0.2, 0) is 21.2 Å². The zero-order valence-corrected chi connectivity index (χ0v) is 16.8. The van der Waals surface area contributed by atoms with Gasteiger partial charge in [-0.1, -0.05) is 18.2 Å². The molecule has 1 fully saturated rings. The van der Waals surface area contributed by atoms with Crippen LogP contribution in [0.2, 0.25) is 0 Å². The summed E-state index contributed by atoms with van der Waals surface area (Å²) >= 11 is 0. The number of sulfone groups is 1. The van der Waals surface area contributed by atoms with Gasteiger partial charge in [-0.2, -0.15) is 5.10 Å². The van der Waals surface area contributed by atoms with Gasteiger partial charge in [0.25, 0.3) is 0 Å². The minimum Gasteiger partial charge on any atom is -0.325 e. The number of nitrogens with zero attached hydrogens (tertiary/aromatic N) is 3. The van der Waals surface area contributed by atoms with E-state index in [-0.39, 0.29) is 30.0 Å². The SMILES string of the molecule is Cc1nn([C@@H]2CCS(=O)(=O)C2)c(C)c1CN(C)CC(=O)Nc1ccccc1. The zero-order valence-electron chi connectivity index (χ0n) is 16.0. The van der Waals surface area contributed by atoms with Crippen molar-refractivity contribution in [2.75, 3.05) is 30.4 Å². The van der Waals surface area contributed by atoms with Crippen LogP contribution in [0.3, 0.4) is 0 Å². The highest BCUT2D eigenvalue weighted by atomic mass is 32.2. The lowest BCUT2D eigenvalue weighted by Crippen LogP contribution is -2.30. The maximum Gasteiger partial charge on any atom is 0.238 e. The number of carbonyl (C=O) groups is 1. The van der Waals surface area contributed by atoms with E-state index in [1.807, 2.05) is 60.8 Å². The third-order valence-electron chi connectivity index (χ3n) is 4.93. The number of nitrogens with one attached hydrogen (secondary N) is 1. The Hall–Kier alpha value is -2.19. The number of anilines is 1. The largest absolute Gasteiger partial charge is 0.325 e. The quantitative estimate of drug-likeness (QED) is 0.815. The number of hydrogen-bond donors (Lipinski definition) is 1. The van der Waals surface area contributed by atoms with Crippen LogP contribution in [-0.4, -0.2) is 54.1 Å². The van der Waals surface area contributed by atoms with E-state index >= 15 is 0 Å². The average molecular weight is 391 g/mol. The summed E-state index contributed by atoms with van der Waals surface area (Å²) < 4.78 is 25.4. The summed E-state index contributed by atoms with van der Waals surface area (Å²) in [6.07, 6.45) is 0.610. The first kappa shape index (κ1) is 19.6. The molecule has 3 rings (SSSR count). The predicted octanol–water partition coefficient (Wildman–Crippen LogP) is 1.93. The molecule has 0 spiro atoms. The van der Waals surface area contributed by atoms with Crippen LogP contribution in [0, 0.1) is 13.8 Å². The molecule has 1 aromatic heterocycles. The van der Waals surface area contributed by atoms with Crippen molar-refractivity contribution >= 4 is 21.4 Å². The van der Waals surface area contributed by atoms with Gasteiger partial charge >= 0.3 is 0 Å². The second-order valence-electron chi connectivity index (χ2n) is 7.24. The number of amides is 1. The summed E-state index contributed by atoms with van der Waals surface area (Å²) in [6.45, 7) is 4.74. The van der Waals surface area contributed by atoms with Crippen LogP contribution >= 0.6 is 0 Å². The molecule has 0 unspecified atom stereocenters. The molecule has 1 aliphatic rings. The predicted molar refractivity (Wildman–Crippen MR) is 105 cm³/mol. The first-order valence-corrected chi connectivity index (χ1v) is 10.9. The summed E-state index contributed by atoms with van der Waals surface area (Å²) in [4.78, 5) is 14.2. The first-order chi connectivity index (χ1) is 12.7. The normalized spacial score (nSPS) is 18.7. The van der Waals surface area contributed by atoms with E-state index < -0.39 is 9.84 Å². The number of aromatic nitrogens is 2. The van der Waals surface area contributed by atoms with Crippen molar-refractivity contribution in [3.63, 3.8) is 0 Å². The molecule has 8 heteroatoms. The van der Waals surface area contributed by atoms with E-state index in [0.29, 0.717) is 13.0 Å². The molecule has 146 valence electrons. The van der Waals surface area contributed by atoms with E-state index in [1.54, 1.807) is 0 Å². The molecule has 0 saturated carbocycles. The Bertz CT molecular complexity index is 922. The molecule has 0 aliphatic carbocycles. The van der Waals surface area contributed by atoms with Crippen molar-refractivity contribution in [3.8, 4) is 0 Å². The highest BCUT2D eigenvalue weighted by molar-refractivity contribution is 7.91. The van der Waals surface area contributed by atoms with Crippen molar-refractivity contribution in [2.45, 2.75) is 32.9 Å². The summed E-state index contributed by atoms with van der Waals surface area (Å²) in [7, 11) is -1.07. The van der Waals surface area contributed by atoms with E-state index in [2.05, 4.69) is 10.4 Å². The monoisotopic (exact) mass is 390 g/mol. The van der Waals surface area contributed by atoms with Gasteiger partial charge in [-0.15, -0.1) is 0 Å². The van der Waals surface area contributed by atoms with E-state index in [0.717, 1.165) is 22.6 Å². The lowest BCUT2D eigenvalue weighted by molar-refractivity contribution is -0.117. The van der Waals surface area contributed by atoms with Gasteiger partial charge in [-0.3, -0.25) is 14.4 Å². The van der Waals surface area contributed by atoms with Gasteiger partial charge in [0.05, 0.1) is 29.8 Å². The number of carbonyl (C=O) groups excluding carboxylic acids is 1. The minimum atomic E-state index is -2.96. The third kappa shape index (κ3) is 4.75. The molecule has 1 aromatic carbocycles. The number of aryl methyl sites for hydroxylation is 1. The van der Waals surface area contributed by atoms with Crippen LogP contribution in [0.25, 0.3) is 0 Å². The molecule has 1 atom stereocenters. The fourth-order valence-corrected chi connectivity index (χ4v) is 5.23. The standard InChI is InChI=1S/C19H26N4O3S/c1-14-18(15(2)23(21-14)17-9-10-27(25,26)13-17)11-22(3)12-19(24)20-16-7-5-4-6-8-16/h4-8,17H,9-13H2,1-3H3,(H,20,24)/t17-/m1/s1. The molecular formula is C19H26N4O3S. The van der Waals surface area contributed by atoms with Gasteiger partial charge in [-0.25, -0.2) is 8.42 Å². The minimum absolute atomic E-state index is 0.0757. The lowest BCUT2D eigenvalue weighted by Gasteiger charge is -2.17. The topological polar surface area (TPSA) is 84.3 Å². The van der Waals surface area contributed by atoms with Gasteiger partial charge in [0, 0.05) is 23.5 Å². The number of rotatable bonds is 6. The van der Waals surface area contributed by atoms with Crippen LogP contribution in [0.15, 0.2) is 30.3 Å². The molecule has 7 nitrogen and oxygen atoms in total. The number of para-hydroxylation sites is 1. The Kier molecular flexibility index (Phi) is 5.67. The highest BCUT2D eigenvalue weighted by Gasteiger charge is 2.31. The fraction of sp³-hybridized carbons (Fsp3) is 0.474. The summed E-state index contributed by atoms with van der Waals surface area (Å²) in [5, 5.41) is 7.46. The van der Waals surface area contributed by atoms with Crippen LogP contribution in [0.5, 0.6) is 0 Å². The van der Waals surface area contributed by atoms with Crippen LogP contribution in [0.1, 0.15) is 29.4 Å². The van der Waals surface area contributed by atoms with Crippen molar-refractivity contribution in [1.82, 2.24) is 14.7 Å². The molecule has 0 radical (unpaired) electrons. The number of benzene rings is 1. The Balaban J connectivity index is 1.64. The molecule has 2 aromatic rings. The van der Waals surface area contributed by atoms with Gasteiger partial charge < -0.3 is 5.32 Å². The van der Waals surface area contributed by atoms with Crippen molar-refractivity contribution < 1.29 is 13.2 Å². The fourth-order valence-electron chi connectivity index (χ4n) is 3.54. The summed E-state index contributed by atoms with van der Waals surface area (Å²) in [5.41, 5.74) is 3.69. The van der Waals surface area contributed by atoms with Crippen molar-refractivity contribution in [2.24, 2.45) is 0 Å². The third-order valence-corrected chi connectivity index (χ3v) is 6.68. The van der Waals surface area contributed by atoms with E-state index in [4.69, 9.17) is 0 Å². The molecule has 2 heterocycles. The molecular weight excluding hydrogens is 364 g/mol. The Labute approximate surface area is 160 Å². The highest BCUT2D eigenvalue weighted by Crippen LogP contribution is 2.27. The van der Waals surface area contributed by atoms with Crippen LogP contribution < -0.4 is 5.32 Å². The van der Waals surface area contributed by atoms with E-state index in [1.165, 1.54) is 0 Å². The van der Waals surface area contributed by atoms with Crippen molar-refractivity contribution in [3.05, 3.63) is 47.3 Å². The molecule has 1 N–H and O–H groups in total. The summed E-state index contributed by atoms with van der Waals surface area (Å²) in [6, 6.07) is 9.28. The molecule has 1 saturated heterocycles. The molecule has 27 heavy (non-hydrogen) atoms. The zero-order chi connectivity index (χ0) is 19.6. The number of likely N-dealkylation sites (N-methyl/N-ethyl adjacent to an activating group) is 1. The Morgan fingerprint density at radius 2 is 2.00 bits per heavy atom. The van der Waals surface area contributed by atoms with Gasteiger partial charge in [0.15, 0.2) is 9.84 Å². The molecule has 1 aliphatic heterocycles. The first-order valence-electron chi connectivity index (χ1n) is 9.03. The van der Waals surface area contributed by atoms with E-state index in [9.17, 15) is 13.2 Å². The van der Waals surface area contributed by atoms with Crippen molar-refractivity contribution in [1.29, 1.82) is 0 Å². The molecule has 1 amide bonds. The van der Waals surface area contributed by atoms with Crippen LogP contribution in [0.4, 0.5) is 5.69 Å². The number of hydrogen-bond acceptors (Lipinski definition) is 5. The Morgan fingerprint density at radius 1 is 1.30 bits per heavy atom. The second kappa shape index (κ2) is 7.82. The van der Waals surface area contributed by atoms with Gasteiger partial charge in [0.2, 0.25) is 5.91 Å². The van der Waals surface area contributed by atoms with Gasteiger partial charge in [-0.05, 0) is 39.4 Å². The second-order valence-corrected chi connectivity index (χ2v) is 9.47. The smallest absolute Gasteiger partial charge is 0.238 e. The average Bonchev–Trinajstić information content (AvgIpc) is 3.09. The maximum absolute atomic E-state index is 12.2. The molecule has 0 bridgehead atoms. The lowest BCUT2D eigenvalue weighted by atomic mass is 10.1. The summed E-state index contributed by atoms with van der Waals surface area (Å²) in [5.74, 6) is 0.308. The maximum atomic E-state index is 12.2.